The maximum Gasteiger partial charge on any atom is 0.273 e. The molecule has 0 bridgehead atoms. The van der Waals surface area contributed by atoms with Gasteiger partial charge in [0, 0.05) is 11.3 Å². The average Bonchev–Trinajstić information content (AvgIpc) is 3.13. The maximum absolute atomic E-state index is 13.2. The summed E-state index contributed by atoms with van der Waals surface area (Å²) in [4.78, 5) is 12.2. The number of carbonyl (C=O) groups is 1. The Kier molecular flexibility index (Phi) is 5.16. The van der Waals surface area contributed by atoms with Crippen molar-refractivity contribution in [1.82, 2.24) is 10.2 Å². The number of nitrogens with two attached hydrogens (primary N) is 1. The molecule has 3 rings (SSSR count). The first-order valence-corrected chi connectivity index (χ1v) is 9.58. The summed E-state index contributed by atoms with van der Waals surface area (Å²) >= 11 is 0. The Balaban J connectivity index is 1.89. The van der Waals surface area contributed by atoms with Gasteiger partial charge in [0.2, 0.25) is 10.0 Å². The van der Waals surface area contributed by atoms with Gasteiger partial charge in [0.15, 0.2) is 0 Å². The predicted molar refractivity (Wildman–Crippen MR) is 101 cm³/mol. The highest BCUT2D eigenvalue weighted by atomic mass is 32.2. The highest BCUT2D eigenvalue weighted by Crippen LogP contribution is 2.28. The summed E-state index contributed by atoms with van der Waals surface area (Å²) in [6.45, 7) is 1.67. The predicted octanol–water partition coefficient (Wildman–Crippen LogP) is 2.43. The van der Waals surface area contributed by atoms with Gasteiger partial charge >= 0.3 is 0 Å². The number of halogens is 1. The van der Waals surface area contributed by atoms with Crippen LogP contribution in [0.2, 0.25) is 0 Å². The lowest BCUT2D eigenvalue weighted by Gasteiger charge is -2.08. The summed E-state index contributed by atoms with van der Waals surface area (Å²) in [7, 11) is -2.68. The van der Waals surface area contributed by atoms with E-state index in [0.717, 1.165) is 0 Å². The van der Waals surface area contributed by atoms with E-state index in [-0.39, 0.29) is 16.3 Å². The number of rotatable bonds is 5. The number of aromatic amines is 1. The molecule has 0 aliphatic rings. The molecule has 8 nitrogen and oxygen atoms in total. The number of anilines is 1. The summed E-state index contributed by atoms with van der Waals surface area (Å²) < 4.78 is 41.7. The summed E-state index contributed by atoms with van der Waals surface area (Å²) in [5.41, 5.74) is 1.95. The molecule has 0 saturated carbocycles. The van der Waals surface area contributed by atoms with Gasteiger partial charge in [0.05, 0.1) is 12.8 Å². The van der Waals surface area contributed by atoms with Crippen LogP contribution in [0, 0.1) is 12.7 Å². The fourth-order valence-electron chi connectivity index (χ4n) is 2.60. The Morgan fingerprint density at radius 2 is 1.96 bits per heavy atom. The lowest BCUT2D eigenvalue weighted by atomic mass is 10.1. The minimum Gasteiger partial charge on any atom is -0.495 e. The number of aryl methyl sites for hydroxylation is 1. The minimum absolute atomic E-state index is 0.103. The molecule has 0 fully saturated rings. The maximum atomic E-state index is 13.2. The van der Waals surface area contributed by atoms with Crippen LogP contribution >= 0.6 is 0 Å². The standard InChI is InChI=1S/C18H17FN4O4S/c1-10-7-12(19)4-5-13(10)21-18(24)15-9-14(22-23-15)11-3-6-16(27-2)17(8-11)28(20,25)26/h3-9H,1-2H3,(H,21,24)(H,22,23)(H2,20,25,26). The lowest BCUT2D eigenvalue weighted by Crippen LogP contribution is -2.13. The zero-order valence-electron chi connectivity index (χ0n) is 15.0. The Hall–Kier alpha value is -3.24. The number of primary sulfonamides is 1. The van der Waals surface area contributed by atoms with Crippen molar-refractivity contribution in [3.63, 3.8) is 0 Å². The summed E-state index contributed by atoms with van der Waals surface area (Å²) in [6, 6.07) is 9.83. The Morgan fingerprint density at radius 1 is 1.21 bits per heavy atom. The molecule has 1 heterocycles. The molecule has 28 heavy (non-hydrogen) atoms. The molecular weight excluding hydrogens is 387 g/mol. The van der Waals surface area contributed by atoms with Gasteiger partial charge in [0.1, 0.15) is 22.2 Å². The fraction of sp³-hybridized carbons (Fsp3) is 0.111. The van der Waals surface area contributed by atoms with Crippen LogP contribution in [-0.4, -0.2) is 31.6 Å². The van der Waals surface area contributed by atoms with Crippen molar-refractivity contribution in [3.8, 4) is 17.0 Å². The molecule has 4 N–H and O–H groups in total. The number of hydrogen-bond donors (Lipinski definition) is 3. The zero-order chi connectivity index (χ0) is 20.5. The van der Waals surface area contributed by atoms with Gasteiger partial charge in [-0.2, -0.15) is 5.10 Å². The van der Waals surface area contributed by atoms with Gasteiger partial charge in [-0.1, -0.05) is 0 Å². The van der Waals surface area contributed by atoms with Crippen molar-refractivity contribution in [2.45, 2.75) is 11.8 Å². The smallest absolute Gasteiger partial charge is 0.273 e. The van der Waals surface area contributed by atoms with Gasteiger partial charge in [-0.3, -0.25) is 9.89 Å². The first kappa shape index (κ1) is 19.5. The van der Waals surface area contributed by atoms with Crippen molar-refractivity contribution in [2.24, 2.45) is 5.14 Å². The van der Waals surface area contributed by atoms with Gasteiger partial charge in [-0.25, -0.2) is 17.9 Å². The molecule has 0 aliphatic carbocycles. The lowest BCUT2D eigenvalue weighted by molar-refractivity contribution is 0.102. The molecule has 146 valence electrons. The highest BCUT2D eigenvalue weighted by Gasteiger charge is 2.18. The normalized spacial score (nSPS) is 11.3. The minimum atomic E-state index is -4.01. The zero-order valence-corrected chi connectivity index (χ0v) is 15.8. The first-order chi connectivity index (χ1) is 13.2. The Labute approximate surface area is 160 Å². The number of benzene rings is 2. The van der Waals surface area contributed by atoms with E-state index in [9.17, 15) is 17.6 Å². The van der Waals surface area contributed by atoms with E-state index in [1.165, 1.54) is 43.5 Å². The molecule has 2 aromatic carbocycles. The first-order valence-electron chi connectivity index (χ1n) is 8.03. The van der Waals surface area contributed by atoms with Crippen LogP contribution < -0.4 is 15.2 Å². The van der Waals surface area contributed by atoms with Crippen molar-refractivity contribution in [1.29, 1.82) is 0 Å². The Morgan fingerprint density at radius 3 is 2.61 bits per heavy atom. The third-order valence-electron chi connectivity index (χ3n) is 4.03. The number of nitrogens with one attached hydrogen (secondary N) is 2. The number of nitrogens with zero attached hydrogens (tertiary/aromatic N) is 1. The van der Waals surface area contributed by atoms with E-state index in [0.29, 0.717) is 22.5 Å². The van der Waals surface area contributed by atoms with Crippen LogP contribution in [0.5, 0.6) is 5.75 Å². The van der Waals surface area contributed by atoms with Crippen molar-refractivity contribution in [3.05, 3.63) is 59.5 Å². The van der Waals surface area contributed by atoms with Crippen LogP contribution in [0.4, 0.5) is 10.1 Å². The van der Waals surface area contributed by atoms with Crippen LogP contribution in [-0.2, 0) is 10.0 Å². The third-order valence-corrected chi connectivity index (χ3v) is 4.96. The van der Waals surface area contributed by atoms with Gasteiger partial charge in [0.25, 0.3) is 5.91 Å². The number of H-pyrrole nitrogens is 1. The van der Waals surface area contributed by atoms with E-state index in [4.69, 9.17) is 9.88 Å². The van der Waals surface area contributed by atoms with Gasteiger partial charge < -0.3 is 10.1 Å². The van der Waals surface area contributed by atoms with E-state index < -0.39 is 21.7 Å². The van der Waals surface area contributed by atoms with Crippen LogP contribution in [0.15, 0.2) is 47.4 Å². The second-order valence-corrected chi connectivity index (χ2v) is 7.52. The van der Waals surface area contributed by atoms with Crippen LogP contribution in [0.3, 0.4) is 0 Å². The number of methoxy groups -OCH3 is 1. The van der Waals surface area contributed by atoms with Gasteiger partial charge in [-0.15, -0.1) is 0 Å². The molecule has 0 saturated heterocycles. The second-order valence-electron chi connectivity index (χ2n) is 5.99. The summed E-state index contributed by atoms with van der Waals surface area (Å²) in [5, 5.41) is 14.5. The number of amides is 1. The van der Waals surface area contributed by atoms with Crippen molar-refractivity contribution in [2.75, 3.05) is 12.4 Å². The number of ether oxygens (including phenoxy) is 1. The third kappa shape index (κ3) is 4.02. The monoisotopic (exact) mass is 404 g/mol. The molecule has 0 aliphatic heterocycles. The van der Waals surface area contributed by atoms with Crippen LogP contribution in [0.1, 0.15) is 16.1 Å². The van der Waals surface area contributed by atoms with E-state index >= 15 is 0 Å². The number of aromatic nitrogens is 2. The summed E-state index contributed by atoms with van der Waals surface area (Å²) in [5.74, 6) is -0.773. The number of hydrogen-bond acceptors (Lipinski definition) is 5. The molecular formula is C18H17FN4O4S. The average molecular weight is 404 g/mol. The second kappa shape index (κ2) is 7.41. The molecule has 0 spiro atoms. The SMILES string of the molecule is COc1ccc(-c2cc(C(=O)Nc3ccc(F)cc3C)[nH]n2)cc1S(N)(=O)=O. The van der Waals surface area contributed by atoms with Crippen molar-refractivity contribution >= 4 is 21.6 Å². The van der Waals surface area contributed by atoms with E-state index in [1.807, 2.05) is 0 Å². The molecule has 0 radical (unpaired) electrons. The summed E-state index contributed by atoms with van der Waals surface area (Å²) in [6.07, 6.45) is 0. The topological polar surface area (TPSA) is 127 Å². The number of sulfonamides is 1. The molecule has 0 unspecified atom stereocenters. The largest absolute Gasteiger partial charge is 0.495 e. The molecule has 0 atom stereocenters. The van der Waals surface area contributed by atoms with E-state index in [1.54, 1.807) is 13.0 Å². The number of carbonyl (C=O) groups excluding carboxylic acids is 1. The molecule has 1 amide bonds. The Bertz CT molecular complexity index is 1160. The quantitative estimate of drug-likeness (QED) is 0.602. The van der Waals surface area contributed by atoms with Crippen molar-refractivity contribution < 1.29 is 22.3 Å². The molecule has 1 aromatic heterocycles. The highest BCUT2D eigenvalue weighted by molar-refractivity contribution is 7.89. The van der Waals surface area contributed by atoms with Crippen LogP contribution in [0.25, 0.3) is 11.3 Å². The van der Waals surface area contributed by atoms with Gasteiger partial charge in [-0.05, 0) is 55.0 Å². The fourth-order valence-corrected chi connectivity index (χ4v) is 3.32. The molecule has 10 heteroatoms. The van der Waals surface area contributed by atoms with E-state index in [2.05, 4.69) is 15.5 Å². The molecule has 3 aromatic rings.